The van der Waals surface area contributed by atoms with Crippen LogP contribution in [-0.4, -0.2) is 48.8 Å². The lowest BCUT2D eigenvalue weighted by Crippen LogP contribution is -2.54. The molecule has 5 N–H and O–H groups in total. The Hall–Kier alpha value is -1.35. The number of carboxylic acid groups (broad SMARTS) is 1. The average Bonchev–Trinajstić information content (AvgIpc) is 2.18. The van der Waals surface area contributed by atoms with Crippen LogP contribution in [0, 0.1) is 0 Å². The number of aliphatic carboxylic acids is 1. The molecule has 1 aliphatic rings. The Kier molecular flexibility index (Phi) is 5.75. The second-order valence-corrected chi connectivity index (χ2v) is 2.92. The van der Waals surface area contributed by atoms with E-state index in [0.29, 0.717) is 6.54 Å². The van der Waals surface area contributed by atoms with Crippen LogP contribution in [0.25, 0.3) is 0 Å². The zero-order chi connectivity index (χ0) is 12.8. The van der Waals surface area contributed by atoms with Gasteiger partial charge in [-0.1, -0.05) is 0 Å². The van der Waals surface area contributed by atoms with Crippen molar-refractivity contribution in [2.24, 2.45) is 5.73 Å². The zero-order valence-corrected chi connectivity index (χ0v) is 8.17. The number of carbonyl (C=O) groups is 2. The maximum Gasteiger partial charge on any atom is 0.490 e. The van der Waals surface area contributed by atoms with E-state index in [-0.39, 0.29) is 11.9 Å². The lowest BCUT2D eigenvalue weighted by Gasteiger charge is -2.21. The summed E-state index contributed by atoms with van der Waals surface area (Å²) < 4.78 is 31.7. The number of alkyl halides is 3. The molecule has 0 radical (unpaired) electrons. The molecular formula is C7H12F3N3O3. The number of carboxylic acids is 1. The second-order valence-electron chi connectivity index (χ2n) is 2.92. The standard InChI is InChI=1S/C5H11N3O.C2HF3O2/c6-5(9)4-3-7-1-2-8-4;3-2(4,5)1(6)7/h4,7-8H,1-3H2,(H2,6,9);(H,6,7). The van der Waals surface area contributed by atoms with E-state index >= 15 is 0 Å². The van der Waals surface area contributed by atoms with Gasteiger partial charge in [0, 0.05) is 19.6 Å². The molecule has 1 heterocycles. The van der Waals surface area contributed by atoms with Gasteiger partial charge >= 0.3 is 12.1 Å². The lowest BCUT2D eigenvalue weighted by atomic mass is 10.2. The molecule has 1 unspecified atom stereocenters. The molecule has 1 aliphatic heterocycles. The third-order valence-corrected chi connectivity index (χ3v) is 1.63. The van der Waals surface area contributed by atoms with E-state index in [0.717, 1.165) is 13.1 Å². The smallest absolute Gasteiger partial charge is 0.475 e. The van der Waals surface area contributed by atoms with Gasteiger partial charge in [-0.2, -0.15) is 13.2 Å². The fourth-order valence-corrected chi connectivity index (χ4v) is 0.855. The van der Waals surface area contributed by atoms with Crippen molar-refractivity contribution in [2.75, 3.05) is 19.6 Å². The number of nitrogens with one attached hydrogen (secondary N) is 2. The maximum atomic E-state index is 10.6. The topological polar surface area (TPSA) is 104 Å². The molecule has 16 heavy (non-hydrogen) atoms. The Morgan fingerprint density at radius 3 is 2.00 bits per heavy atom. The Balaban J connectivity index is 0.000000293. The largest absolute Gasteiger partial charge is 0.490 e. The molecule has 0 bridgehead atoms. The SMILES string of the molecule is NC(=O)C1CNCCN1.O=C(O)C(F)(F)F. The van der Waals surface area contributed by atoms with Crippen molar-refractivity contribution in [2.45, 2.75) is 12.2 Å². The molecule has 1 atom stereocenters. The van der Waals surface area contributed by atoms with Crippen LogP contribution < -0.4 is 16.4 Å². The minimum Gasteiger partial charge on any atom is -0.475 e. The first kappa shape index (κ1) is 14.6. The number of primary amides is 1. The van der Waals surface area contributed by atoms with Gasteiger partial charge in [-0.25, -0.2) is 4.79 Å². The summed E-state index contributed by atoms with van der Waals surface area (Å²) in [5.74, 6) is -3.03. The van der Waals surface area contributed by atoms with Gasteiger partial charge in [0.1, 0.15) is 0 Å². The first-order valence-corrected chi connectivity index (χ1v) is 4.28. The van der Waals surface area contributed by atoms with Crippen LogP contribution in [-0.2, 0) is 9.59 Å². The quantitative estimate of drug-likeness (QED) is 0.456. The summed E-state index contributed by atoms with van der Waals surface area (Å²) in [5.41, 5.74) is 5.03. The van der Waals surface area contributed by atoms with Crippen molar-refractivity contribution in [3.05, 3.63) is 0 Å². The minimum absolute atomic E-state index is 0.168. The normalized spacial score (nSPS) is 20.6. The number of amides is 1. The van der Waals surface area contributed by atoms with Gasteiger partial charge in [0.15, 0.2) is 0 Å². The van der Waals surface area contributed by atoms with Gasteiger partial charge in [0.05, 0.1) is 6.04 Å². The van der Waals surface area contributed by atoms with E-state index in [1.165, 1.54) is 0 Å². The van der Waals surface area contributed by atoms with Crippen LogP contribution in [0.15, 0.2) is 0 Å². The maximum absolute atomic E-state index is 10.6. The first-order valence-electron chi connectivity index (χ1n) is 4.28. The molecule has 0 aromatic carbocycles. The summed E-state index contributed by atoms with van der Waals surface area (Å²) in [4.78, 5) is 19.4. The zero-order valence-electron chi connectivity index (χ0n) is 8.17. The fourth-order valence-electron chi connectivity index (χ4n) is 0.855. The minimum atomic E-state index is -5.08. The van der Waals surface area contributed by atoms with Crippen LogP contribution in [0.4, 0.5) is 13.2 Å². The molecule has 0 saturated carbocycles. The van der Waals surface area contributed by atoms with E-state index < -0.39 is 12.1 Å². The van der Waals surface area contributed by atoms with E-state index in [2.05, 4.69) is 10.6 Å². The van der Waals surface area contributed by atoms with Crippen molar-refractivity contribution in [1.82, 2.24) is 10.6 Å². The van der Waals surface area contributed by atoms with Crippen molar-refractivity contribution >= 4 is 11.9 Å². The molecule has 1 saturated heterocycles. The number of halogens is 3. The molecular weight excluding hydrogens is 231 g/mol. The Morgan fingerprint density at radius 1 is 1.31 bits per heavy atom. The van der Waals surface area contributed by atoms with Crippen LogP contribution in [0.2, 0.25) is 0 Å². The average molecular weight is 243 g/mol. The van der Waals surface area contributed by atoms with Gasteiger partial charge in [-0.15, -0.1) is 0 Å². The highest BCUT2D eigenvalue weighted by atomic mass is 19.4. The van der Waals surface area contributed by atoms with E-state index in [9.17, 15) is 18.0 Å². The van der Waals surface area contributed by atoms with E-state index in [1.807, 2.05) is 0 Å². The lowest BCUT2D eigenvalue weighted by molar-refractivity contribution is -0.192. The van der Waals surface area contributed by atoms with Gasteiger partial charge < -0.3 is 21.5 Å². The van der Waals surface area contributed by atoms with Crippen molar-refractivity contribution < 1.29 is 27.9 Å². The summed E-state index contributed by atoms with van der Waals surface area (Å²) >= 11 is 0. The molecule has 1 rings (SSSR count). The molecule has 0 aliphatic carbocycles. The highest BCUT2D eigenvalue weighted by molar-refractivity contribution is 5.80. The third kappa shape index (κ3) is 6.19. The highest BCUT2D eigenvalue weighted by Gasteiger charge is 2.38. The van der Waals surface area contributed by atoms with Crippen molar-refractivity contribution in [1.29, 1.82) is 0 Å². The van der Waals surface area contributed by atoms with Crippen LogP contribution in [0.5, 0.6) is 0 Å². The Morgan fingerprint density at radius 2 is 1.81 bits per heavy atom. The molecule has 0 aromatic heterocycles. The summed E-state index contributed by atoms with van der Waals surface area (Å²) in [7, 11) is 0. The number of hydrogen-bond donors (Lipinski definition) is 4. The van der Waals surface area contributed by atoms with E-state index in [4.69, 9.17) is 15.6 Å². The Labute approximate surface area is 89.0 Å². The number of piperazine rings is 1. The van der Waals surface area contributed by atoms with Crippen molar-refractivity contribution in [3.63, 3.8) is 0 Å². The van der Waals surface area contributed by atoms with E-state index in [1.54, 1.807) is 0 Å². The van der Waals surface area contributed by atoms with Crippen molar-refractivity contribution in [3.8, 4) is 0 Å². The number of nitrogens with two attached hydrogens (primary N) is 1. The van der Waals surface area contributed by atoms with Gasteiger partial charge in [-0.05, 0) is 0 Å². The molecule has 1 fully saturated rings. The molecule has 6 nitrogen and oxygen atoms in total. The molecule has 0 aromatic rings. The summed E-state index contributed by atoms with van der Waals surface area (Å²) in [6, 6.07) is -0.168. The molecule has 94 valence electrons. The number of rotatable bonds is 1. The predicted molar refractivity (Wildman–Crippen MR) is 47.5 cm³/mol. The fraction of sp³-hybridized carbons (Fsp3) is 0.714. The van der Waals surface area contributed by atoms with Gasteiger partial charge in [0.25, 0.3) is 0 Å². The summed E-state index contributed by atoms with van der Waals surface area (Å²) in [6.45, 7) is 2.41. The highest BCUT2D eigenvalue weighted by Crippen LogP contribution is 2.13. The first-order chi connectivity index (χ1) is 7.25. The molecule has 1 amide bonds. The van der Waals surface area contributed by atoms with Gasteiger partial charge in [-0.3, -0.25) is 4.79 Å². The van der Waals surface area contributed by atoms with Crippen LogP contribution in [0.3, 0.4) is 0 Å². The van der Waals surface area contributed by atoms with Crippen LogP contribution in [0.1, 0.15) is 0 Å². The Bertz CT molecular complexity index is 251. The van der Waals surface area contributed by atoms with Gasteiger partial charge in [0.2, 0.25) is 5.91 Å². The number of hydrogen-bond acceptors (Lipinski definition) is 4. The predicted octanol–water partition coefficient (Wildman–Crippen LogP) is -1.33. The molecule has 9 heteroatoms. The monoisotopic (exact) mass is 243 g/mol. The third-order valence-electron chi connectivity index (χ3n) is 1.63. The van der Waals surface area contributed by atoms with Crippen LogP contribution >= 0.6 is 0 Å². The number of carbonyl (C=O) groups excluding carboxylic acids is 1. The molecule has 0 spiro atoms. The summed E-state index contributed by atoms with van der Waals surface area (Å²) in [6.07, 6.45) is -5.08. The second kappa shape index (κ2) is 6.28. The summed E-state index contributed by atoms with van der Waals surface area (Å²) in [5, 5.41) is 13.2.